The van der Waals surface area contributed by atoms with Crippen LogP contribution < -0.4 is 10.5 Å². The van der Waals surface area contributed by atoms with E-state index in [1.165, 1.54) is 24.8 Å². The molecule has 0 saturated carbocycles. The number of phenols is 1. The molecule has 0 spiro atoms. The lowest BCUT2D eigenvalue weighted by Crippen LogP contribution is -2.10. The van der Waals surface area contributed by atoms with Crippen LogP contribution in [0.5, 0.6) is 11.5 Å². The minimum Gasteiger partial charge on any atom is -0.507 e. The third-order valence-corrected chi connectivity index (χ3v) is 5.52. The molecule has 0 fully saturated rings. The van der Waals surface area contributed by atoms with E-state index in [2.05, 4.69) is 6.58 Å². The van der Waals surface area contributed by atoms with E-state index in [1.54, 1.807) is 42.5 Å². The summed E-state index contributed by atoms with van der Waals surface area (Å²) in [6.07, 6.45) is 6.46. The fraction of sp³-hybridized carbons (Fsp3) is 0.200. The lowest BCUT2D eigenvalue weighted by Gasteiger charge is -2.14. The molecule has 32 heavy (non-hydrogen) atoms. The molecule has 0 bridgehead atoms. The Morgan fingerprint density at radius 1 is 1.22 bits per heavy atom. The van der Waals surface area contributed by atoms with Crippen LogP contribution in [0.4, 0.5) is 0 Å². The number of phenolic OH excluding ortho intramolecular Hbond substituents is 1. The van der Waals surface area contributed by atoms with Crippen molar-refractivity contribution in [2.24, 2.45) is 5.73 Å². The quantitative estimate of drug-likeness (QED) is 0.240. The molecule has 0 aliphatic carbocycles. The molecule has 0 unspecified atom stereocenters. The monoisotopic (exact) mass is 453 g/mol. The van der Waals surface area contributed by atoms with Gasteiger partial charge in [-0.2, -0.15) is 0 Å². The fourth-order valence-electron chi connectivity index (χ4n) is 2.90. The van der Waals surface area contributed by atoms with E-state index in [9.17, 15) is 14.7 Å². The van der Waals surface area contributed by atoms with Gasteiger partial charge in [0, 0.05) is 21.1 Å². The Bertz CT molecular complexity index is 1070. The van der Waals surface area contributed by atoms with E-state index in [1.807, 2.05) is 13.0 Å². The molecular weight excluding hydrogens is 426 g/mol. The summed E-state index contributed by atoms with van der Waals surface area (Å²) in [4.78, 5) is 24.4. The Morgan fingerprint density at radius 3 is 2.59 bits per heavy atom. The average molecular weight is 454 g/mol. The number of benzene rings is 2. The van der Waals surface area contributed by atoms with Gasteiger partial charge in [0.1, 0.15) is 18.1 Å². The molecule has 0 atom stereocenters. The number of aromatic hydroxyl groups is 1. The van der Waals surface area contributed by atoms with E-state index in [4.69, 9.17) is 15.6 Å². The van der Waals surface area contributed by atoms with E-state index in [0.29, 0.717) is 23.4 Å². The molecule has 2 rings (SSSR count). The number of nitrogens with two attached hydrogens (primary N) is 1. The van der Waals surface area contributed by atoms with Crippen molar-refractivity contribution in [2.75, 3.05) is 6.61 Å². The van der Waals surface area contributed by atoms with Crippen molar-refractivity contribution in [3.63, 3.8) is 0 Å². The van der Waals surface area contributed by atoms with Gasteiger partial charge in [-0.25, -0.2) is 4.79 Å². The summed E-state index contributed by atoms with van der Waals surface area (Å²) in [7, 11) is 0. The number of carboxylic acids is 1. The Kier molecular flexibility index (Phi) is 9.16. The topological polar surface area (TPSA) is 110 Å². The summed E-state index contributed by atoms with van der Waals surface area (Å²) < 4.78 is 5.80. The van der Waals surface area contributed by atoms with Gasteiger partial charge in [0.25, 0.3) is 0 Å². The lowest BCUT2D eigenvalue weighted by atomic mass is 10.0. The second kappa shape index (κ2) is 11.8. The standard InChI is InChI=1S/C25H27NO5S/c1-4-7-22-23(13-12-21(16(3)27)24(22)28)31-15-18(26)10-11-19(5-2)32-20-9-6-8-17(14-20)25(29)30/h5-6,8-14,28H,2,4,7,15,26H2,1,3H3,(H,29,30)/b18-10-,19-11+. The summed E-state index contributed by atoms with van der Waals surface area (Å²) in [5.41, 5.74) is 7.59. The van der Waals surface area contributed by atoms with Crippen molar-refractivity contribution in [1.29, 1.82) is 0 Å². The van der Waals surface area contributed by atoms with Gasteiger partial charge < -0.3 is 20.7 Å². The first-order valence-corrected chi connectivity index (χ1v) is 10.9. The summed E-state index contributed by atoms with van der Waals surface area (Å²) >= 11 is 1.37. The Balaban J connectivity index is 2.13. The van der Waals surface area contributed by atoms with E-state index in [-0.39, 0.29) is 29.3 Å². The van der Waals surface area contributed by atoms with Crippen molar-refractivity contribution >= 4 is 23.5 Å². The maximum Gasteiger partial charge on any atom is 0.335 e. The highest BCUT2D eigenvalue weighted by Gasteiger charge is 2.16. The van der Waals surface area contributed by atoms with Crippen LogP contribution in [0.15, 0.2) is 76.7 Å². The summed E-state index contributed by atoms with van der Waals surface area (Å²) in [6, 6.07) is 9.84. The van der Waals surface area contributed by atoms with Crippen LogP contribution in [0.3, 0.4) is 0 Å². The smallest absolute Gasteiger partial charge is 0.335 e. The van der Waals surface area contributed by atoms with E-state index < -0.39 is 5.97 Å². The number of allylic oxidation sites excluding steroid dienone is 3. The third kappa shape index (κ3) is 6.78. The maximum atomic E-state index is 11.7. The largest absolute Gasteiger partial charge is 0.507 e. The van der Waals surface area contributed by atoms with Gasteiger partial charge in [-0.1, -0.05) is 43.8 Å². The van der Waals surface area contributed by atoms with Gasteiger partial charge >= 0.3 is 5.97 Å². The minimum atomic E-state index is -0.984. The number of hydrogen-bond donors (Lipinski definition) is 3. The summed E-state index contributed by atoms with van der Waals surface area (Å²) in [5, 5.41) is 19.6. The molecule has 0 aromatic heterocycles. The zero-order chi connectivity index (χ0) is 23.7. The highest BCUT2D eigenvalue weighted by atomic mass is 32.2. The van der Waals surface area contributed by atoms with Crippen LogP contribution in [0.1, 0.15) is 46.5 Å². The Labute approximate surface area is 192 Å². The third-order valence-electron chi connectivity index (χ3n) is 4.49. The number of aromatic carboxylic acids is 1. The molecule has 0 saturated heterocycles. The Morgan fingerprint density at radius 2 is 1.97 bits per heavy atom. The number of thioether (sulfide) groups is 1. The normalized spacial score (nSPS) is 11.8. The maximum absolute atomic E-state index is 11.7. The van der Waals surface area contributed by atoms with Crippen LogP contribution in [-0.2, 0) is 6.42 Å². The molecule has 0 amide bonds. The van der Waals surface area contributed by atoms with Crippen LogP contribution in [0, 0.1) is 0 Å². The second-order valence-corrected chi connectivity index (χ2v) is 8.13. The number of carbonyl (C=O) groups excluding carboxylic acids is 1. The van der Waals surface area contributed by atoms with Crippen LogP contribution in [0.2, 0.25) is 0 Å². The molecule has 4 N–H and O–H groups in total. The highest BCUT2D eigenvalue weighted by molar-refractivity contribution is 8.03. The van der Waals surface area contributed by atoms with Gasteiger partial charge in [-0.3, -0.25) is 4.79 Å². The van der Waals surface area contributed by atoms with Crippen molar-refractivity contribution in [3.05, 3.63) is 88.5 Å². The molecular formula is C25H27NO5S. The molecule has 2 aromatic carbocycles. The lowest BCUT2D eigenvalue weighted by molar-refractivity contribution is 0.0696. The van der Waals surface area contributed by atoms with Crippen LogP contribution >= 0.6 is 11.8 Å². The van der Waals surface area contributed by atoms with E-state index >= 15 is 0 Å². The molecule has 0 radical (unpaired) electrons. The number of Topliss-reactive ketones (excluding diaryl/α,β-unsaturated/α-hetero) is 1. The summed E-state index contributed by atoms with van der Waals surface area (Å²) in [5.74, 6) is -0.756. The molecule has 0 aliphatic heterocycles. The van der Waals surface area contributed by atoms with Gasteiger partial charge in [0.15, 0.2) is 5.78 Å². The van der Waals surface area contributed by atoms with Gasteiger partial charge in [-0.05, 0) is 55.8 Å². The average Bonchev–Trinajstić information content (AvgIpc) is 2.76. The zero-order valence-electron chi connectivity index (χ0n) is 18.1. The number of rotatable bonds is 11. The van der Waals surface area contributed by atoms with Crippen molar-refractivity contribution in [3.8, 4) is 11.5 Å². The van der Waals surface area contributed by atoms with Crippen molar-refractivity contribution in [1.82, 2.24) is 0 Å². The first-order chi connectivity index (χ1) is 15.3. The molecule has 0 aliphatic rings. The number of ether oxygens (including phenoxy) is 1. The molecule has 6 nitrogen and oxygen atoms in total. The Hall–Kier alpha value is -3.45. The number of carboxylic acid groups (broad SMARTS) is 1. The van der Waals surface area contributed by atoms with Crippen LogP contribution in [0.25, 0.3) is 0 Å². The fourth-order valence-corrected chi connectivity index (χ4v) is 3.72. The highest BCUT2D eigenvalue weighted by Crippen LogP contribution is 2.33. The molecule has 0 heterocycles. The first-order valence-electron chi connectivity index (χ1n) is 10.0. The molecule has 2 aromatic rings. The number of hydrogen-bond acceptors (Lipinski definition) is 6. The van der Waals surface area contributed by atoms with Gasteiger partial charge in [0.2, 0.25) is 0 Å². The van der Waals surface area contributed by atoms with E-state index in [0.717, 1.165) is 16.2 Å². The van der Waals surface area contributed by atoms with Crippen LogP contribution in [-0.4, -0.2) is 28.6 Å². The van der Waals surface area contributed by atoms with Gasteiger partial charge in [-0.15, -0.1) is 0 Å². The van der Waals surface area contributed by atoms with Crippen molar-refractivity contribution in [2.45, 2.75) is 31.6 Å². The minimum absolute atomic E-state index is 0.0479. The number of ketones is 1. The van der Waals surface area contributed by atoms with Gasteiger partial charge in [0.05, 0.1) is 11.1 Å². The molecule has 7 heteroatoms. The predicted octanol–water partition coefficient (Wildman–Crippen LogP) is 5.33. The second-order valence-electron chi connectivity index (χ2n) is 6.98. The zero-order valence-corrected chi connectivity index (χ0v) is 18.9. The first kappa shape index (κ1) is 24.8. The number of carbonyl (C=O) groups is 2. The predicted molar refractivity (Wildman–Crippen MR) is 127 cm³/mol. The molecule has 168 valence electrons. The van der Waals surface area contributed by atoms with Crippen molar-refractivity contribution < 1.29 is 24.5 Å². The SMILES string of the molecule is C=C/C(=C\C=C(/N)COc1ccc(C(C)=O)c(O)c1CCC)Sc1cccc(C(=O)O)c1. The summed E-state index contributed by atoms with van der Waals surface area (Å²) in [6.45, 7) is 7.27.